The molecule has 6 heteroatoms. The number of phenolic OH excluding ortho intramolecular Hbond substituents is 1. The zero-order valence-electron chi connectivity index (χ0n) is 18.7. The van der Waals surface area contributed by atoms with Gasteiger partial charge in [-0.15, -0.1) is 0 Å². The second kappa shape index (κ2) is 9.22. The van der Waals surface area contributed by atoms with Gasteiger partial charge in [0.25, 0.3) is 0 Å². The van der Waals surface area contributed by atoms with Crippen LogP contribution < -0.4 is 14.8 Å². The summed E-state index contributed by atoms with van der Waals surface area (Å²) in [6.45, 7) is 10.8. The van der Waals surface area contributed by atoms with Gasteiger partial charge in [-0.05, 0) is 56.8 Å². The molecule has 3 aromatic rings. The number of ether oxygens (including phenoxy) is 2. The van der Waals surface area contributed by atoms with Crippen LogP contribution >= 0.6 is 0 Å². The zero-order valence-corrected chi connectivity index (χ0v) is 18.7. The van der Waals surface area contributed by atoms with Gasteiger partial charge in [0.1, 0.15) is 17.0 Å². The Morgan fingerprint density at radius 3 is 2.40 bits per heavy atom. The first-order valence-electron chi connectivity index (χ1n) is 10.3. The van der Waals surface area contributed by atoms with Crippen LogP contribution in [0.15, 0.2) is 30.3 Å². The number of aryl methyl sites for hydroxylation is 2. The lowest BCUT2D eigenvalue weighted by Gasteiger charge is -2.20. The van der Waals surface area contributed by atoms with Crippen LogP contribution in [0.1, 0.15) is 30.7 Å². The fraction of sp³-hybridized carbons (Fsp3) is 0.375. The Kier molecular flexibility index (Phi) is 6.67. The Morgan fingerprint density at radius 2 is 1.77 bits per heavy atom. The Morgan fingerprint density at radius 1 is 1.03 bits per heavy atom. The molecule has 2 N–H and O–H groups in total. The normalized spacial score (nSPS) is 11.2. The van der Waals surface area contributed by atoms with E-state index in [-0.39, 0.29) is 0 Å². The summed E-state index contributed by atoms with van der Waals surface area (Å²) >= 11 is 0. The molecule has 0 amide bonds. The number of hydrogen-bond donors (Lipinski definition) is 2. The van der Waals surface area contributed by atoms with E-state index in [1.807, 2.05) is 38.1 Å². The van der Waals surface area contributed by atoms with Crippen LogP contribution in [0.3, 0.4) is 0 Å². The van der Waals surface area contributed by atoms with Gasteiger partial charge in [-0.1, -0.05) is 13.8 Å². The van der Waals surface area contributed by atoms with E-state index in [2.05, 4.69) is 29.0 Å². The third-order valence-corrected chi connectivity index (χ3v) is 5.40. The first kappa shape index (κ1) is 21.7. The minimum atomic E-state index is 0.297. The number of nitrogens with zero attached hydrogens (tertiary/aromatic N) is 2. The summed E-state index contributed by atoms with van der Waals surface area (Å²) < 4.78 is 11.4. The first-order chi connectivity index (χ1) is 14.4. The van der Waals surface area contributed by atoms with Crippen molar-refractivity contribution in [2.45, 2.75) is 34.2 Å². The Balaban J connectivity index is 2.08. The van der Waals surface area contributed by atoms with E-state index in [0.29, 0.717) is 23.8 Å². The van der Waals surface area contributed by atoms with Crippen molar-refractivity contribution < 1.29 is 14.6 Å². The average Bonchev–Trinajstić information content (AvgIpc) is 2.73. The van der Waals surface area contributed by atoms with Crippen molar-refractivity contribution in [2.75, 3.05) is 32.6 Å². The summed E-state index contributed by atoms with van der Waals surface area (Å²) in [7, 11) is 3.31. The number of fused-ring (bicyclic) bond motifs is 1. The van der Waals surface area contributed by atoms with E-state index >= 15 is 0 Å². The molecule has 2 aromatic carbocycles. The number of methoxy groups -OCH3 is 2. The molecule has 0 aliphatic heterocycles. The second-order valence-corrected chi connectivity index (χ2v) is 7.39. The highest BCUT2D eigenvalue weighted by molar-refractivity contribution is 5.98. The van der Waals surface area contributed by atoms with Crippen LogP contribution in [-0.2, 0) is 6.54 Å². The standard InChI is InChI=1S/C24H31N3O3/c1-7-27(8-2)14-17-12-18(9-10-20(17)28)26-19-13-21(29-5)23-22(24(19)30-6)15(3)11-16(4)25-23/h9-13,26,28H,7-8,14H2,1-6H3. The predicted molar refractivity (Wildman–Crippen MR) is 122 cm³/mol. The maximum atomic E-state index is 10.3. The highest BCUT2D eigenvalue weighted by atomic mass is 16.5. The number of rotatable bonds is 8. The van der Waals surface area contributed by atoms with Crippen LogP contribution in [0, 0.1) is 13.8 Å². The van der Waals surface area contributed by atoms with Crippen molar-refractivity contribution in [2.24, 2.45) is 0 Å². The number of pyridine rings is 1. The molecular formula is C24H31N3O3. The minimum absolute atomic E-state index is 0.297. The van der Waals surface area contributed by atoms with Crippen LogP contribution in [0.25, 0.3) is 10.9 Å². The van der Waals surface area contributed by atoms with Crippen LogP contribution in [-0.4, -0.2) is 42.3 Å². The Labute approximate surface area is 178 Å². The number of anilines is 2. The van der Waals surface area contributed by atoms with Crippen LogP contribution in [0.4, 0.5) is 11.4 Å². The number of nitrogens with one attached hydrogen (secondary N) is 1. The molecule has 3 rings (SSSR count). The Hall–Kier alpha value is -2.99. The lowest BCUT2D eigenvalue weighted by molar-refractivity contribution is 0.291. The lowest BCUT2D eigenvalue weighted by atomic mass is 10.1. The van der Waals surface area contributed by atoms with Gasteiger partial charge < -0.3 is 19.9 Å². The summed E-state index contributed by atoms with van der Waals surface area (Å²) in [5.41, 5.74) is 5.32. The highest BCUT2D eigenvalue weighted by Gasteiger charge is 2.18. The van der Waals surface area contributed by atoms with Crippen LogP contribution in [0.5, 0.6) is 17.2 Å². The average molecular weight is 410 g/mol. The molecule has 0 spiro atoms. The molecule has 0 saturated heterocycles. The van der Waals surface area contributed by atoms with Gasteiger partial charge in [0.15, 0.2) is 5.75 Å². The molecule has 0 atom stereocenters. The summed E-state index contributed by atoms with van der Waals surface area (Å²) in [5, 5.41) is 14.7. The van der Waals surface area contributed by atoms with E-state index in [1.165, 1.54) is 0 Å². The second-order valence-electron chi connectivity index (χ2n) is 7.39. The van der Waals surface area contributed by atoms with Crippen molar-refractivity contribution in [3.63, 3.8) is 0 Å². The van der Waals surface area contributed by atoms with Gasteiger partial charge >= 0.3 is 0 Å². The maximum Gasteiger partial charge on any atom is 0.152 e. The van der Waals surface area contributed by atoms with E-state index in [4.69, 9.17) is 9.47 Å². The van der Waals surface area contributed by atoms with E-state index in [0.717, 1.165) is 52.2 Å². The molecule has 6 nitrogen and oxygen atoms in total. The fourth-order valence-corrected chi connectivity index (χ4v) is 3.80. The smallest absolute Gasteiger partial charge is 0.152 e. The molecule has 0 bridgehead atoms. The van der Waals surface area contributed by atoms with E-state index < -0.39 is 0 Å². The molecular weight excluding hydrogens is 378 g/mol. The minimum Gasteiger partial charge on any atom is -0.508 e. The predicted octanol–water partition coefficient (Wildman–Crippen LogP) is 5.16. The highest BCUT2D eigenvalue weighted by Crippen LogP contribution is 2.42. The summed E-state index contributed by atoms with van der Waals surface area (Å²) in [4.78, 5) is 6.93. The lowest BCUT2D eigenvalue weighted by Crippen LogP contribution is -2.22. The summed E-state index contributed by atoms with van der Waals surface area (Å²) in [5.74, 6) is 1.70. The summed E-state index contributed by atoms with van der Waals surface area (Å²) in [6, 6.07) is 9.50. The van der Waals surface area contributed by atoms with Gasteiger partial charge in [0.05, 0.1) is 25.3 Å². The third-order valence-electron chi connectivity index (χ3n) is 5.40. The molecule has 1 heterocycles. The topological polar surface area (TPSA) is 66.9 Å². The van der Waals surface area contributed by atoms with E-state index in [9.17, 15) is 5.11 Å². The molecule has 0 aliphatic rings. The van der Waals surface area contributed by atoms with Crippen molar-refractivity contribution >= 4 is 22.3 Å². The van der Waals surface area contributed by atoms with Gasteiger partial charge in [0, 0.05) is 29.6 Å². The van der Waals surface area contributed by atoms with Gasteiger partial charge in [-0.2, -0.15) is 0 Å². The van der Waals surface area contributed by atoms with Crippen molar-refractivity contribution in [1.82, 2.24) is 9.88 Å². The van der Waals surface area contributed by atoms with Gasteiger partial charge in [0.2, 0.25) is 0 Å². The quantitative estimate of drug-likeness (QED) is 0.501. The molecule has 0 saturated carbocycles. The SMILES string of the molecule is CCN(CC)Cc1cc(Nc2cc(OC)c3nc(C)cc(C)c3c2OC)ccc1O. The number of aromatic hydroxyl groups is 1. The van der Waals surface area contributed by atoms with Gasteiger partial charge in [-0.25, -0.2) is 4.98 Å². The van der Waals surface area contributed by atoms with Crippen molar-refractivity contribution in [3.05, 3.63) is 47.2 Å². The molecule has 0 aliphatic carbocycles. The molecule has 160 valence electrons. The van der Waals surface area contributed by atoms with Crippen LogP contribution in [0.2, 0.25) is 0 Å². The molecule has 0 radical (unpaired) electrons. The number of aromatic nitrogens is 1. The fourth-order valence-electron chi connectivity index (χ4n) is 3.80. The third kappa shape index (κ3) is 4.28. The number of hydrogen-bond acceptors (Lipinski definition) is 6. The zero-order chi connectivity index (χ0) is 21.8. The van der Waals surface area contributed by atoms with Crippen molar-refractivity contribution in [3.8, 4) is 17.2 Å². The van der Waals surface area contributed by atoms with Gasteiger partial charge in [-0.3, -0.25) is 4.90 Å². The Bertz CT molecular complexity index is 1050. The molecule has 1 aromatic heterocycles. The molecule has 0 unspecified atom stereocenters. The first-order valence-corrected chi connectivity index (χ1v) is 10.3. The maximum absolute atomic E-state index is 10.3. The van der Waals surface area contributed by atoms with Crippen molar-refractivity contribution in [1.29, 1.82) is 0 Å². The number of benzene rings is 2. The largest absolute Gasteiger partial charge is 0.508 e. The molecule has 30 heavy (non-hydrogen) atoms. The number of phenols is 1. The van der Waals surface area contributed by atoms with E-state index in [1.54, 1.807) is 20.3 Å². The monoisotopic (exact) mass is 409 g/mol. The summed E-state index contributed by atoms with van der Waals surface area (Å²) in [6.07, 6.45) is 0. The molecule has 0 fully saturated rings.